The van der Waals surface area contributed by atoms with Crippen LogP contribution in [0.25, 0.3) is 0 Å². The maximum atomic E-state index is 11.9. The fourth-order valence-corrected chi connectivity index (χ4v) is 2.49. The number of hydrogen-bond donors (Lipinski definition) is 2. The van der Waals surface area contributed by atoms with E-state index in [9.17, 15) is 8.42 Å². The fraction of sp³-hybridized carbons (Fsp3) is 0.538. The quantitative estimate of drug-likeness (QED) is 0.798. The van der Waals surface area contributed by atoms with Crippen molar-refractivity contribution in [3.8, 4) is 0 Å². The van der Waals surface area contributed by atoms with Gasteiger partial charge in [0.1, 0.15) is 0 Å². The van der Waals surface area contributed by atoms with E-state index in [1.54, 1.807) is 6.07 Å². The Labute approximate surface area is 115 Å². The molecule has 0 atom stereocenters. The van der Waals surface area contributed by atoms with Crippen molar-refractivity contribution in [3.05, 3.63) is 29.3 Å². The molecule has 0 aliphatic rings. The zero-order chi connectivity index (χ0) is 14.5. The van der Waals surface area contributed by atoms with Gasteiger partial charge in [0.15, 0.2) is 0 Å². The Hall–Kier alpha value is -1.11. The molecule has 0 amide bonds. The predicted molar refractivity (Wildman–Crippen MR) is 77.6 cm³/mol. The molecule has 1 rings (SSSR count). The van der Waals surface area contributed by atoms with Crippen molar-refractivity contribution in [2.45, 2.75) is 33.4 Å². The molecule has 0 saturated carbocycles. The summed E-state index contributed by atoms with van der Waals surface area (Å²) in [5.41, 5.74) is 7.88. The summed E-state index contributed by atoms with van der Waals surface area (Å²) in [5.74, 6) is -0.0581. The standard InChI is InChI=1S/C13H22N2O3S/c1-10(2)18-6-7-19(16,17)15-13-8-12(9-14)5-4-11(13)3/h4-5,8,10,15H,6-7,9,14H2,1-3H3. The Kier molecular flexibility index (Phi) is 5.78. The molecule has 5 nitrogen and oxygen atoms in total. The van der Waals surface area contributed by atoms with Crippen LogP contribution in [0, 0.1) is 6.92 Å². The maximum Gasteiger partial charge on any atom is 0.235 e. The molecule has 0 aliphatic heterocycles. The third-order valence-corrected chi connectivity index (χ3v) is 3.84. The van der Waals surface area contributed by atoms with Crippen LogP contribution in [-0.4, -0.2) is 26.9 Å². The summed E-state index contributed by atoms with van der Waals surface area (Å²) in [6.45, 7) is 6.15. The third kappa shape index (κ3) is 5.59. The lowest BCUT2D eigenvalue weighted by atomic mass is 10.1. The first-order chi connectivity index (χ1) is 8.84. The van der Waals surface area contributed by atoms with Crippen LogP contribution in [0.1, 0.15) is 25.0 Å². The van der Waals surface area contributed by atoms with Gasteiger partial charge in [0, 0.05) is 6.54 Å². The lowest BCUT2D eigenvalue weighted by Crippen LogP contribution is -2.22. The van der Waals surface area contributed by atoms with Gasteiger partial charge in [0.25, 0.3) is 0 Å². The average molecular weight is 286 g/mol. The monoisotopic (exact) mass is 286 g/mol. The summed E-state index contributed by atoms with van der Waals surface area (Å²) in [7, 11) is -3.39. The highest BCUT2D eigenvalue weighted by molar-refractivity contribution is 7.92. The van der Waals surface area contributed by atoms with Gasteiger partial charge in [-0.15, -0.1) is 0 Å². The van der Waals surface area contributed by atoms with E-state index in [0.29, 0.717) is 12.2 Å². The minimum atomic E-state index is -3.39. The first-order valence-electron chi connectivity index (χ1n) is 6.26. The second-order valence-electron chi connectivity index (χ2n) is 4.69. The zero-order valence-corrected chi connectivity index (χ0v) is 12.5. The molecule has 0 aliphatic carbocycles. The summed E-state index contributed by atoms with van der Waals surface area (Å²) >= 11 is 0. The second-order valence-corrected chi connectivity index (χ2v) is 6.54. The molecule has 0 saturated heterocycles. The Balaban J connectivity index is 2.72. The van der Waals surface area contributed by atoms with E-state index in [-0.39, 0.29) is 18.5 Å². The van der Waals surface area contributed by atoms with Crippen LogP contribution in [0.4, 0.5) is 5.69 Å². The molecule has 0 aromatic heterocycles. The van der Waals surface area contributed by atoms with Gasteiger partial charge in [0.2, 0.25) is 10.0 Å². The van der Waals surface area contributed by atoms with Gasteiger partial charge in [-0.1, -0.05) is 12.1 Å². The zero-order valence-electron chi connectivity index (χ0n) is 11.6. The lowest BCUT2D eigenvalue weighted by Gasteiger charge is -2.12. The van der Waals surface area contributed by atoms with E-state index in [2.05, 4.69) is 4.72 Å². The summed E-state index contributed by atoms with van der Waals surface area (Å²) in [4.78, 5) is 0. The van der Waals surface area contributed by atoms with Crippen LogP contribution in [0.15, 0.2) is 18.2 Å². The van der Waals surface area contributed by atoms with E-state index < -0.39 is 10.0 Å². The van der Waals surface area contributed by atoms with Crippen molar-refractivity contribution >= 4 is 15.7 Å². The van der Waals surface area contributed by atoms with E-state index >= 15 is 0 Å². The molecule has 0 heterocycles. The molecule has 0 bridgehead atoms. The van der Waals surface area contributed by atoms with Gasteiger partial charge in [-0.25, -0.2) is 8.42 Å². The number of benzene rings is 1. The molecule has 1 aromatic rings. The van der Waals surface area contributed by atoms with Gasteiger partial charge < -0.3 is 10.5 Å². The summed E-state index contributed by atoms with van der Waals surface area (Å²) < 4.78 is 31.6. The number of anilines is 1. The van der Waals surface area contributed by atoms with Gasteiger partial charge in [0.05, 0.1) is 24.2 Å². The Morgan fingerprint density at radius 3 is 2.63 bits per heavy atom. The van der Waals surface area contributed by atoms with Crippen LogP contribution in [-0.2, 0) is 21.3 Å². The normalized spacial score (nSPS) is 11.8. The first-order valence-corrected chi connectivity index (χ1v) is 7.91. The number of rotatable bonds is 7. The van der Waals surface area contributed by atoms with Gasteiger partial charge in [-0.05, 0) is 38.0 Å². The van der Waals surface area contributed by atoms with E-state index in [0.717, 1.165) is 11.1 Å². The smallest absolute Gasteiger partial charge is 0.235 e. The largest absolute Gasteiger partial charge is 0.378 e. The molecular weight excluding hydrogens is 264 g/mol. The first kappa shape index (κ1) is 15.9. The van der Waals surface area contributed by atoms with Crippen LogP contribution < -0.4 is 10.5 Å². The molecular formula is C13H22N2O3S. The molecule has 19 heavy (non-hydrogen) atoms. The number of sulfonamides is 1. The molecule has 0 fully saturated rings. The van der Waals surface area contributed by atoms with E-state index in [4.69, 9.17) is 10.5 Å². The number of nitrogens with one attached hydrogen (secondary N) is 1. The number of hydrogen-bond acceptors (Lipinski definition) is 4. The highest BCUT2D eigenvalue weighted by atomic mass is 32.2. The lowest BCUT2D eigenvalue weighted by molar-refractivity contribution is 0.0913. The molecule has 3 N–H and O–H groups in total. The van der Waals surface area contributed by atoms with Crippen molar-refractivity contribution in [1.29, 1.82) is 0 Å². The van der Waals surface area contributed by atoms with Crippen LogP contribution in [0.2, 0.25) is 0 Å². The SMILES string of the molecule is Cc1ccc(CN)cc1NS(=O)(=O)CCOC(C)C. The summed E-state index contributed by atoms with van der Waals surface area (Å²) in [5, 5.41) is 0. The van der Waals surface area contributed by atoms with Crippen molar-refractivity contribution in [1.82, 2.24) is 0 Å². The Bertz CT molecular complexity index is 513. The molecule has 6 heteroatoms. The van der Waals surface area contributed by atoms with Crippen molar-refractivity contribution in [2.24, 2.45) is 5.73 Å². The number of nitrogens with two attached hydrogens (primary N) is 1. The van der Waals surface area contributed by atoms with Gasteiger partial charge in [-0.3, -0.25) is 4.72 Å². The summed E-state index contributed by atoms with van der Waals surface area (Å²) in [6.07, 6.45) is 0.0255. The highest BCUT2D eigenvalue weighted by Gasteiger charge is 2.12. The summed E-state index contributed by atoms with van der Waals surface area (Å²) in [6, 6.07) is 5.50. The van der Waals surface area contributed by atoms with Crippen molar-refractivity contribution in [2.75, 3.05) is 17.1 Å². The van der Waals surface area contributed by atoms with E-state index in [1.807, 2.05) is 32.9 Å². The van der Waals surface area contributed by atoms with Crippen LogP contribution >= 0.6 is 0 Å². The molecule has 108 valence electrons. The fourth-order valence-electron chi connectivity index (χ4n) is 1.52. The minimum Gasteiger partial charge on any atom is -0.378 e. The van der Waals surface area contributed by atoms with Gasteiger partial charge in [-0.2, -0.15) is 0 Å². The third-order valence-electron chi connectivity index (χ3n) is 2.61. The topological polar surface area (TPSA) is 81.4 Å². The molecule has 1 aromatic carbocycles. The average Bonchev–Trinajstić information content (AvgIpc) is 2.31. The molecule has 0 spiro atoms. The Morgan fingerprint density at radius 2 is 2.05 bits per heavy atom. The maximum absolute atomic E-state index is 11.9. The van der Waals surface area contributed by atoms with Crippen LogP contribution in [0.5, 0.6) is 0 Å². The van der Waals surface area contributed by atoms with Crippen LogP contribution in [0.3, 0.4) is 0 Å². The number of aryl methyl sites for hydroxylation is 1. The predicted octanol–water partition coefficient (Wildman–Crippen LogP) is 1.62. The highest BCUT2D eigenvalue weighted by Crippen LogP contribution is 2.18. The van der Waals surface area contributed by atoms with Crippen molar-refractivity contribution in [3.63, 3.8) is 0 Å². The van der Waals surface area contributed by atoms with Gasteiger partial charge >= 0.3 is 0 Å². The minimum absolute atomic E-state index is 0.0255. The van der Waals surface area contributed by atoms with Crippen molar-refractivity contribution < 1.29 is 13.2 Å². The molecule has 0 radical (unpaired) electrons. The number of ether oxygens (including phenoxy) is 1. The molecule has 0 unspecified atom stereocenters. The second kappa shape index (κ2) is 6.88. The van der Waals surface area contributed by atoms with E-state index in [1.165, 1.54) is 0 Å². The Morgan fingerprint density at radius 1 is 1.37 bits per heavy atom.